The van der Waals surface area contributed by atoms with Crippen molar-refractivity contribution in [3.05, 3.63) is 40.4 Å². The van der Waals surface area contributed by atoms with Crippen LogP contribution in [0.15, 0.2) is 24.3 Å². The molecule has 1 aliphatic heterocycles. The van der Waals surface area contributed by atoms with E-state index in [9.17, 15) is 22.8 Å². The van der Waals surface area contributed by atoms with E-state index in [0.717, 1.165) is 18.6 Å². The van der Waals surface area contributed by atoms with Gasteiger partial charge in [0.25, 0.3) is 0 Å². The van der Waals surface area contributed by atoms with E-state index in [1.165, 1.54) is 18.2 Å². The van der Waals surface area contributed by atoms with Crippen LogP contribution in [-0.4, -0.2) is 60.9 Å². The Hall–Kier alpha value is -2.06. The van der Waals surface area contributed by atoms with Crippen molar-refractivity contribution in [2.45, 2.75) is 19.5 Å². The van der Waals surface area contributed by atoms with Crippen molar-refractivity contribution in [1.29, 1.82) is 0 Å². The summed E-state index contributed by atoms with van der Waals surface area (Å²) in [5, 5.41) is 2.43. The van der Waals surface area contributed by atoms with Crippen LogP contribution < -0.4 is 5.32 Å². The molecule has 0 aliphatic carbocycles. The fraction of sp³-hybridized carbons (Fsp3) is 0.474. The highest BCUT2D eigenvalue weighted by Crippen LogP contribution is 2.35. The molecule has 1 heterocycles. The Kier molecular flexibility index (Phi) is 7.88. The van der Waals surface area contributed by atoms with Crippen LogP contribution in [0.4, 0.5) is 13.2 Å². The van der Waals surface area contributed by atoms with E-state index in [1.54, 1.807) is 4.90 Å². The van der Waals surface area contributed by atoms with E-state index in [1.807, 2.05) is 11.8 Å². The van der Waals surface area contributed by atoms with Gasteiger partial charge >= 0.3 is 6.18 Å². The van der Waals surface area contributed by atoms with Crippen LogP contribution in [0.3, 0.4) is 0 Å². The first-order valence-electron chi connectivity index (χ1n) is 9.03. The molecule has 0 aromatic heterocycles. The van der Waals surface area contributed by atoms with Gasteiger partial charge in [-0.1, -0.05) is 24.6 Å². The molecule has 0 radical (unpaired) electrons. The van der Waals surface area contributed by atoms with E-state index in [0.29, 0.717) is 39.3 Å². The van der Waals surface area contributed by atoms with Gasteiger partial charge in [0, 0.05) is 38.8 Å². The lowest BCUT2D eigenvalue weighted by atomic mass is 10.1. The van der Waals surface area contributed by atoms with Crippen LogP contribution in [0.1, 0.15) is 24.5 Å². The van der Waals surface area contributed by atoms with Crippen LogP contribution >= 0.6 is 11.6 Å². The number of piperazine rings is 1. The summed E-state index contributed by atoms with van der Waals surface area (Å²) in [5.41, 5.74) is -0.685. The Morgan fingerprint density at radius 3 is 2.50 bits per heavy atom. The zero-order chi connectivity index (χ0) is 20.7. The number of rotatable bonds is 6. The predicted octanol–water partition coefficient (Wildman–Crippen LogP) is 3.04. The van der Waals surface area contributed by atoms with Gasteiger partial charge in [0.1, 0.15) is 0 Å². The van der Waals surface area contributed by atoms with Gasteiger partial charge in [-0.3, -0.25) is 14.5 Å². The Labute approximate surface area is 167 Å². The van der Waals surface area contributed by atoms with Crippen molar-refractivity contribution in [2.75, 3.05) is 39.3 Å². The van der Waals surface area contributed by atoms with Crippen molar-refractivity contribution in [1.82, 2.24) is 15.1 Å². The second-order valence-corrected chi connectivity index (χ2v) is 6.93. The molecule has 9 heteroatoms. The van der Waals surface area contributed by atoms with E-state index in [4.69, 9.17) is 11.6 Å². The van der Waals surface area contributed by atoms with Crippen LogP contribution in [0.2, 0.25) is 5.02 Å². The monoisotopic (exact) mass is 417 g/mol. The third kappa shape index (κ3) is 6.53. The number of carbonyl (C=O) groups excluding carboxylic acids is 2. The zero-order valence-electron chi connectivity index (χ0n) is 15.6. The first-order valence-corrected chi connectivity index (χ1v) is 9.41. The van der Waals surface area contributed by atoms with E-state index < -0.39 is 11.7 Å². The van der Waals surface area contributed by atoms with Crippen LogP contribution in [0, 0.1) is 0 Å². The Morgan fingerprint density at radius 2 is 1.89 bits per heavy atom. The summed E-state index contributed by atoms with van der Waals surface area (Å²) in [6.45, 7) is 4.96. The molecule has 0 unspecified atom stereocenters. The summed E-state index contributed by atoms with van der Waals surface area (Å²) in [6.07, 6.45) is -1.07. The van der Waals surface area contributed by atoms with Crippen molar-refractivity contribution in [2.24, 2.45) is 0 Å². The smallest absolute Gasteiger partial charge is 0.355 e. The molecule has 1 fully saturated rings. The number of carbonyl (C=O) groups is 2. The van der Waals surface area contributed by atoms with Crippen molar-refractivity contribution in [3.63, 3.8) is 0 Å². The van der Waals surface area contributed by atoms with Gasteiger partial charge in [-0.25, -0.2) is 0 Å². The minimum absolute atomic E-state index is 0.0373. The summed E-state index contributed by atoms with van der Waals surface area (Å²) >= 11 is 5.59. The molecule has 28 heavy (non-hydrogen) atoms. The van der Waals surface area contributed by atoms with Crippen LogP contribution in [-0.2, 0) is 15.8 Å². The second kappa shape index (κ2) is 9.93. The first kappa shape index (κ1) is 22.2. The van der Waals surface area contributed by atoms with Gasteiger partial charge in [0.15, 0.2) is 0 Å². The zero-order valence-corrected chi connectivity index (χ0v) is 16.3. The molecular weight excluding hydrogens is 395 g/mol. The summed E-state index contributed by atoms with van der Waals surface area (Å²) < 4.78 is 38.7. The number of hydrogen-bond donors (Lipinski definition) is 1. The van der Waals surface area contributed by atoms with Crippen molar-refractivity contribution in [3.8, 4) is 0 Å². The van der Waals surface area contributed by atoms with Gasteiger partial charge in [0.05, 0.1) is 17.1 Å². The Morgan fingerprint density at radius 1 is 1.21 bits per heavy atom. The van der Waals surface area contributed by atoms with Crippen molar-refractivity contribution >= 4 is 29.5 Å². The molecule has 1 aromatic carbocycles. The minimum Gasteiger partial charge on any atom is -0.355 e. The fourth-order valence-corrected chi connectivity index (χ4v) is 3.01. The molecule has 1 saturated heterocycles. The van der Waals surface area contributed by atoms with Gasteiger partial charge in [-0.05, 0) is 30.2 Å². The number of benzene rings is 1. The molecule has 0 atom stereocenters. The second-order valence-electron chi connectivity index (χ2n) is 6.52. The third-order valence-corrected chi connectivity index (χ3v) is 4.67. The third-order valence-electron chi connectivity index (χ3n) is 4.34. The predicted molar refractivity (Wildman–Crippen MR) is 102 cm³/mol. The minimum atomic E-state index is -4.55. The number of halogens is 4. The van der Waals surface area contributed by atoms with Crippen molar-refractivity contribution < 1.29 is 22.8 Å². The number of amides is 2. The molecule has 0 saturated carbocycles. The van der Waals surface area contributed by atoms with E-state index in [-0.39, 0.29) is 22.4 Å². The molecule has 154 valence electrons. The number of hydrogen-bond acceptors (Lipinski definition) is 3. The number of nitrogens with zero attached hydrogens (tertiary/aromatic N) is 2. The van der Waals surface area contributed by atoms with Gasteiger partial charge < -0.3 is 10.2 Å². The standard InChI is InChI=1S/C19H23ClF3N3O2/c1-2-7-24-17(27)13-25-8-10-26(11-9-25)18(28)6-4-14-3-5-16(20)15(12-14)19(21,22)23/h3-6,12H,2,7-11,13H2,1H3,(H,24,27)/b6-4+. The molecule has 1 N–H and O–H groups in total. The number of alkyl halides is 3. The lowest BCUT2D eigenvalue weighted by molar-refractivity contribution is -0.137. The summed E-state index contributed by atoms with van der Waals surface area (Å²) in [5.74, 6) is -0.316. The van der Waals surface area contributed by atoms with E-state index in [2.05, 4.69) is 5.32 Å². The molecular formula is C19H23ClF3N3O2. The average Bonchev–Trinajstić information content (AvgIpc) is 2.65. The normalized spacial score (nSPS) is 15.8. The van der Waals surface area contributed by atoms with Crippen LogP contribution in [0.5, 0.6) is 0 Å². The molecule has 5 nitrogen and oxygen atoms in total. The summed E-state index contributed by atoms with van der Waals surface area (Å²) in [7, 11) is 0. The highest BCUT2D eigenvalue weighted by Gasteiger charge is 2.33. The lowest BCUT2D eigenvalue weighted by Gasteiger charge is -2.33. The van der Waals surface area contributed by atoms with E-state index >= 15 is 0 Å². The first-order chi connectivity index (χ1) is 13.2. The average molecular weight is 418 g/mol. The van der Waals surface area contributed by atoms with Gasteiger partial charge in [-0.15, -0.1) is 0 Å². The van der Waals surface area contributed by atoms with Gasteiger partial charge in [-0.2, -0.15) is 13.2 Å². The molecule has 1 aliphatic rings. The largest absolute Gasteiger partial charge is 0.417 e. The molecule has 1 aromatic rings. The maximum absolute atomic E-state index is 12.9. The van der Waals surface area contributed by atoms with Gasteiger partial charge in [0.2, 0.25) is 11.8 Å². The molecule has 0 bridgehead atoms. The maximum Gasteiger partial charge on any atom is 0.417 e. The number of nitrogens with one attached hydrogen (secondary N) is 1. The topological polar surface area (TPSA) is 52.7 Å². The summed E-state index contributed by atoms with van der Waals surface area (Å²) in [6, 6.07) is 3.50. The quantitative estimate of drug-likeness (QED) is 0.724. The molecule has 2 rings (SSSR count). The molecule has 0 spiro atoms. The fourth-order valence-electron chi connectivity index (χ4n) is 2.79. The molecule has 2 amide bonds. The highest BCUT2D eigenvalue weighted by molar-refractivity contribution is 6.31. The Balaban J connectivity index is 1.88. The highest BCUT2D eigenvalue weighted by atomic mass is 35.5. The van der Waals surface area contributed by atoms with Crippen LogP contribution in [0.25, 0.3) is 6.08 Å². The maximum atomic E-state index is 12.9. The SMILES string of the molecule is CCCNC(=O)CN1CCN(C(=O)/C=C/c2ccc(Cl)c(C(F)(F)F)c2)CC1. The lowest BCUT2D eigenvalue weighted by Crippen LogP contribution is -2.50. The summed E-state index contributed by atoms with van der Waals surface area (Å²) in [4.78, 5) is 27.6. The Bertz CT molecular complexity index is 730.